The molecule has 0 unspecified atom stereocenters. The summed E-state index contributed by atoms with van der Waals surface area (Å²) in [6.07, 6.45) is 4.61. The highest BCUT2D eigenvalue weighted by Gasteiger charge is 2.19. The molecule has 1 fully saturated rings. The Labute approximate surface area is 114 Å². The number of imidazole rings is 1. The highest BCUT2D eigenvalue weighted by atomic mass is 16.2. The van der Waals surface area contributed by atoms with Gasteiger partial charge in [-0.1, -0.05) is 0 Å². The van der Waals surface area contributed by atoms with Crippen molar-refractivity contribution in [1.82, 2.24) is 24.7 Å². The molecule has 1 amide bonds. The number of amides is 1. The third-order valence-electron chi connectivity index (χ3n) is 3.49. The van der Waals surface area contributed by atoms with E-state index in [-0.39, 0.29) is 5.91 Å². The Balaban J connectivity index is 1.83. The SMILES string of the molecule is CNCCc1cn(CC(=O)N2CCN(C)CC2)cn1. The molecule has 1 saturated heterocycles. The lowest BCUT2D eigenvalue weighted by Crippen LogP contribution is -2.48. The Kier molecular flexibility index (Phi) is 4.93. The Morgan fingerprint density at radius 1 is 1.37 bits per heavy atom. The van der Waals surface area contributed by atoms with E-state index in [1.54, 1.807) is 6.33 Å². The van der Waals surface area contributed by atoms with E-state index in [0.29, 0.717) is 6.54 Å². The second-order valence-corrected chi connectivity index (χ2v) is 5.07. The molecule has 1 aromatic rings. The van der Waals surface area contributed by atoms with Gasteiger partial charge in [-0.3, -0.25) is 4.79 Å². The van der Waals surface area contributed by atoms with Gasteiger partial charge in [0.25, 0.3) is 0 Å². The van der Waals surface area contributed by atoms with Crippen molar-refractivity contribution in [3.63, 3.8) is 0 Å². The molecule has 0 radical (unpaired) electrons. The number of carbonyl (C=O) groups is 1. The summed E-state index contributed by atoms with van der Waals surface area (Å²) < 4.78 is 1.88. The van der Waals surface area contributed by atoms with Crippen LogP contribution in [0.15, 0.2) is 12.5 Å². The summed E-state index contributed by atoms with van der Waals surface area (Å²) in [5.74, 6) is 0.186. The smallest absolute Gasteiger partial charge is 0.242 e. The predicted octanol–water partition coefficient (Wildman–Crippen LogP) is -0.581. The number of piperazine rings is 1. The molecule has 0 aromatic carbocycles. The second-order valence-electron chi connectivity index (χ2n) is 5.07. The summed E-state index contributed by atoms with van der Waals surface area (Å²) in [5.41, 5.74) is 1.03. The molecular formula is C13H23N5O. The van der Waals surface area contributed by atoms with Gasteiger partial charge in [0.2, 0.25) is 5.91 Å². The van der Waals surface area contributed by atoms with Crippen LogP contribution in [0.5, 0.6) is 0 Å². The van der Waals surface area contributed by atoms with Crippen LogP contribution < -0.4 is 5.32 Å². The van der Waals surface area contributed by atoms with Crippen molar-refractivity contribution in [2.75, 3.05) is 46.8 Å². The molecule has 106 valence electrons. The van der Waals surface area contributed by atoms with E-state index in [1.165, 1.54) is 0 Å². The summed E-state index contributed by atoms with van der Waals surface area (Å²) in [7, 11) is 4.01. The van der Waals surface area contributed by atoms with Crippen LogP contribution in [0.1, 0.15) is 5.69 Å². The molecule has 2 rings (SSSR count). The van der Waals surface area contributed by atoms with Gasteiger partial charge in [-0.25, -0.2) is 4.98 Å². The summed E-state index contributed by atoms with van der Waals surface area (Å²) in [6, 6.07) is 0. The molecule has 0 bridgehead atoms. The lowest BCUT2D eigenvalue weighted by atomic mass is 10.3. The van der Waals surface area contributed by atoms with Crippen molar-refractivity contribution in [2.24, 2.45) is 0 Å². The molecule has 1 aliphatic rings. The van der Waals surface area contributed by atoms with Crippen LogP contribution >= 0.6 is 0 Å². The molecule has 0 saturated carbocycles. The first-order chi connectivity index (χ1) is 9.19. The van der Waals surface area contributed by atoms with Crippen LogP contribution in [0, 0.1) is 0 Å². The van der Waals surface area contributed by atoms with Crippen molar-refractivity contribution in [3.05, 3.63) is 18.2 Å². The fourth-order valence-corrected chi connectivity index (χ4v) is 2.19. The van der Waals surface area contributed by atoms with Gasteiger partial charge in [-0.05, 0) is 14.1 Å². The Hall–Kier alpha value is -1.40. The standard InChI is InChI=1S/C13H23N5O/c1-14-4-3-12-9-17(11-15-12)10-13(19)18-7-5-16(2)6-8-18/h9,11,14H,3-8,10H2,1-2H3. The number of aromatic nitrogens is 2. The van der Waals surface area contributed by atoms with E-state index in [4.69, 9.17) is 0 Å². The van der Waals surface area contributed by atoms with Crippen molar-refractivity contribution in [1.29, 1.82) is 0 Å². The third kappa shape index (κ3) is 4.04. The van der Waals surface area contributed by atoms with Gasteiger partial charge < -0.3 is 19.7 Å². The molecule has 0 aliphatic carbocycles. The minimum Gasteiger partial charge on any atom is -0.339 e. The molecule has 1 N–H and O–H groups in total. The lowest BCUT2D eigenvalue weighted by Gasteiger charge is -2.32. The number of rotatable bonds is 5. The van der Waals surface area contributed by atoms with Crippen molar-refractivity contribution >= 4 is 5.91 Å². The van der Waals surface area contributed by atoms with Crippen LogP contribution in [-0.2, 0) is 17.8 Å². The van der Waals surface area contributed by atoms with Crippen LogP contribution in [0.25, 0.3) is 0 Å². The predicted molar refractivity (Wildman–Crippen MR) is 73.9 cm³/mol. The number of nitrogens with one attached hydrogen (secondary N) is 1. The zero-order chi connectivity index (χ0) is 13.7. The summed E-state index contributed by atoms with van der Waals surface area (Å²) >= 11 is 0. The maximum Gasteiger partial charge on any atom is 0.242 e. The van der Waals surface area contributed by atoms with E-state index in [1.807, 2.05) is 22.7 Å². The van der Waals surface area contributed by atoms with E-state index in [0.717, 1.165) is 44.8 Å². The molecular weight excluding hydrogens is 242 g/mol. The highest BCUT2D eigenvalue weighted by molar-refractivity contribution is 5.76. The summed E-state index contributed by atoms with van der Waals surface area (Å²) in [4.78, 5) is 20.6. The van der Waals surface area contributed by atoms with Gasteiger partial charge in [0.1, 0.15) is 6.54 Å². The van der Waals surface area contributed by atoms with Gasteiger partial charge in [-0.2, -0.15) is 0 Å². The van der Waals surface area contributed by atoms with Crippen molar-refractivity contribution < 1.29 is 4.79 Å². The van der Waals surface area contributed by atoms with Gasteiger partial charge in [0.05, 0.1) is 12.0 Å². The fourth-order valence-electron chi connectivity index (χ4n) is 2.19. The molecule has 2 heterocycles. The number of hydrogen-bond donors (Lipinski definition) is 1. The first-order valence-electron chi connectivity index (χ1n) is 6.80. The normalized spacial score (nSPS) is 16.8. The van der Waals surface area contributed by atoms with Gasteiger partial charge in [0, 0.05) is 45.3 Å². The lowest BCUT2D eigenvalue weighted by molar-refractivity contribution is -0.133. The molecule has 0 atom stereocenters. The maximum atomic E-state index is 12.1. The Morgan fingerprint density at radius 3 is 2.79 bits per heavy atom. The number of nitrogens with zero attached hydrogens (tertiary/aromatic N) is 4. The van der Waals surface area contributed by atoms with Crippen LogP contribution in [0.4, 0.5) is 0 Å². The van der Waals surface area contributed by atoms with E-state index >= 15 is 0 Å². The quantitative estimate of drug-likeness (QED) is 0.774. The summed E-state index contributed by atoms with van der Waals surface area (Å²) in [5, 5.41) is 3.09. The Morgan fingerprint density at radius 2 is 2.11 bits per heavy atom. The molecule has 1 aromatic heterocycles. The Bertz CT molecular complexity index is 409. The minimum atomic E-state index is 0.186. The highest BCUT2D eigenvalue weighted by Crippen LogP contribution is 2.03. The fraction of sp³-hybridized carbons (Fsp3) is 0.692. The van der Waals surface area contributed by atoms with E-state index in [9.17, 15) is 4.79 Å². The first kappa shape index (κ1) is 14.0. The van der Waals surface area contributed by atoms with E-state index in [2.05, 4.69) is 22.2 Å². The van der Waals surface area contributed by atoms with Gasteiger partial charge in [0.15, 0.2) is 0 Å². The van der Waals surface area contributed by atoms with Gasteiger partial charge >= 0.3 is 0 Å². The number of likely N-dealkylation sites (N-methyl/N-ethyl adjacent to an activating group) is 2. The number of carbonyl (C=O) groups excluding carboxylic acids is 1. The van der Waals surface area contributed by atoms with Crippen LogP contribution in [0.3, 0.4) is 0 Å². The molecule has 6 heteroatoms. The largest absolute Gasteiger partial charge is 0.339 e. The minimum absolute atomic E-state index is 0.186. The maximum absolute atomic E-state index is 12.1. The average molecular weight is 265 g/mol. The molecule has 0 spiro atoms. The number of hydrogen-bond acceptors (Lipinski definition) is 4. The molecule has 19 heavy (non-hydrogen) atoms. The van der Waals surface area contributed by atoms with Gasteiger partial charge in [-0.15, -0.1) is 0 Å². The zero-order valence-corrected chi connectivity index (χ0v) is 11.8. The second kappa shape index (κ2) is 6.68. The van der Waals surface area contributed by atoms with Crippen molar-refractivity contribution in [3.8, 4) is 0 Å². The van der Waals surface area contributed by atoms with E-state index < -0.39 is 0 Å². The first-order valence-corrected chi connectivity index (χ1v) is 6.80. The topological polar surface area (TPSA) is 53.4 Å². The van der Waals surface area contributed by atoms with Crippen LogP contribution in [-0.4, -0.2) is 72.1 Å². The molecule has 6 nitrogen and oxygen atoms in total. The van der Waals surface area contributed by atoms with Crippen LogP contribution in [0.2, 0.25) is 0 Å². The monoisotopic (exact) mass is 265 g/mol. The zero-order valence-electron chi connectivity index (χ0n) is 11.8. The average Bonchev–Trinajstić information content (AvgIpc) is 2.84. The third-order valence-corrected chi connectivity index (χ3v) is 3.49. The molecule has 1 aliphatic heterocycles. The van der Waals surface area contributed by atoms with Crippen molar-refractivity contribution in [2.45, 2.75) is 13.0 Å². The summed E-state index contributed by atoms with van der Waals surface area (Å²) in [6.45, 7) is 4.89.